The van der Waals surface area contributed by atoms with Crippen LogP contribution in [0.2, 0.25) is 0 Å². The number of benzene rings is 1. The lowest BCUT2D eigenvalue weighted by atomic mass is 10.1. The highest BCUT2D eigenvalue weighted by atomic mass is 16.2. The normalized spacial score (nSPS) is 11.9. The van der Waals surface area contributed by atoms with Crippen LogP contribution in [0.1, 0.15) is 40.3 Å². The molecule has 0 saturated heterocycles. The van der Waals surface area contributed by atoms with E-state index in [-0.39, 0.29) is 16.9 Å². The fourth-order valence-electron chi connectivity index (χ4n) is 3.90. The molecule has 1 atom stereocenters. The Hall–Kier alpha value is -4.98. The van der Waals surface area contributed by atoms with Crippen molar-refractivity contribution in [1.82, 2.24) is 39.2 Å². The van der Waals surface area contributed by atoms with Crippen molar-refractivity contribution >= 4 is 28.3 Å². The van der Waals surface area contributed by atoms with Crippen LogP contribution < -0.4 is 16.6 Å². The second-order valence-corrected chi connectivity index (χ2v) is 8.03. The van der Waals surface area contributed by atoms with E-state index in [1.165, 1.54) is 9.08 Å². The smallest absolute Gasteiger partial charge is 0.262 e. The minimum absolute atomic E-state index is 0.0607. The number of aryl methyl sites for hydroxylation is 1. The average molecular weight is 467 g/mol. The third-order valence-electron chi connectivity index (χ3n) is 5.57. The molecule has 5 aromatic rings. The number of carbonyl (C=O) groups excluding carboxylic acids is 1. The number of hydrogen-bond acceptors (Lipinski definition) is 7. The zero-order valence-electron chi connectivity index (χ0n) is 19.2. The molecule has 4 heterocycles. The fraction of sp³-hybridized carbons (Fsp3) is 0.167. The zero-order chi connectivity index (χ0) is 24.7. The average Bonchev–Trinajstić information content (AvgIpc) is 3.41. The minimum Gasteiger partial charge on any atom is -0.381 e. The van der Waals surface area contributed by atoms with E-state index in [9.17, 15) is 9.59 Å². The van der Waals surface area contributed by atoms with Crippen LogP contribution in [-0.2, 0) is 14.1 Å². The fourth-order valence-corrected chi connectivity index (χ4v) is 3.90. The molecule has 5 rings (SSSR count). The standard InChI is InChI=1S/C24H21N9O2/c1-14(28-23(34)19-20(25)30-33-11-5-10-26-22(19)33)21-29-17-7-4-6-16(18(17)24(35)32(21)3)9-8-15-12-27-31(2)13-15/h4-7,10-14H,1-3H3,(H2,25,30)(H,28,34)/t14-/m1/s1. The largest absolute Gasteiger partial charge is 0.381 e. The lowest BCUT2D eigenvalue weighted by Crippen LogP contribution is -2.33. The van der Waals surface area contributed by atoms with E-state index < -0.39 is 11.9 Å². The molecular formula is C24H21N9O2. The molecule has 4 aromatic heterocycles. The van der Waals surface area contributed by atoms with Gasteiger partial charge in [0.2, 0.25) is 0 Å². The first-order valence-corrected chi connectivity index (χ1v) is 10.7. The highest BCUT2D eigenvalue weighted by molar-refractivity contribution is 6.04. The van der Waals surface area contributed by atoms with Crippen molar-refractivity contribution in [3.8, 4) is 11.8 Å². The quantitative estimate of drug-likeness (QED) is 0.380. The summed E-state index contributed by atoms with van der Waals surface area (Å²) >= 11 is 0. The molecule has 0 spiro atoms. The van der Waals surface area contributed by atoms with Crippen molar-refractivity contribution in [3.05, 3.63) is 81.9 Å². The molecule has 0 fully saturated rings. The Balaban J connectivity index is 1.51. The molecule has 174 valence electrons. The molecule has 0 radical (unpaired) electrons. The number of nitrogens with one attached hydrogen (secondary N) is 1. The van der Waals surface area contributed by atoms with E-state index in [1.54, 1.807) is 67.7 Å². The number of amides is 1. The van der Waals surface area contributed by atoms with Crippen molar-refractivity contribution in [1.29, 1.82) is 0 Å². The zero-order valence-corrected chi connectivity index (χ0v) is 19.2. The van der Waals surface area contributed by atoms with Gasteiger partial charge in [-0.25, -0.2) is 14.5 Å². The van der Waals surface area contributed by atoms with Crippen molar-refractivity contribution in [2.24, 2.45) is 14.1 Å². The molecule has 0 unspecified atom stereocenters. The third-order valence-corrected chi connectivity index (χ3v) is 5.57. The first-order valence-electron chi connectivity index (χ1n) is 10.7. The summed E-state index contributed by atoms with van der Waals surface area (Å²) in [5, 5.41) is 11.5. The molecule has 11 nitrogen and oxygen atoms in total. The lowest BCUT2D eigenvalue weighted by Gasteiger charge is -2.17. The number of carbonyl (C=O) groups is 1. The summed E-state index contributed by atoms with van der Waals surface area (Å²) in [6.45, 7) is 1.74. The van der Waals surface area contributed by atoms with Gasteiger partial charge >= 0.3 is 0 Å². The SMILES string of the molecule is C[C@@H](NC(=O)c1c(N)nn2cccnc12)c1nc2cccc(C#Cc3cnn(C)c3)c2c(=O)n1C. The maximum atomic E-state index is 13.3. The third kappa shape index (κ3) is 3.87. The summed E-state index contributed by atoms with van der Waals surface area (Å²) < 4.78 is 4.51. The molecule has 3 N–H and O–H groups in total. The van der Waals surface area contributed by atoms with Crippen LogP contribution in [0.5, 0.6) is 0 Å². The first kappa shape index (κ1) is 21.8. The molecule has 35 heavy (non-hydrogen) atoms. The van der Waals surface area contributed by atoms with Crippen LogP contribution in [0.4, 0.5) is 5.82 Å². The lowest BCUT2D eigenvalue weighted by molar-refractivity contribution is 0.0940. The number of nitrogens with zero attached hydrogens (tertiary/aromatic N) is 7. The van der Waals surface area contributed by atoms with E-state index in [4.69, 9.17) is 5.73 Å². The van der Waals surface area contributed by atoms with Gasteiger partial charge in [0.25, 0.3) is 11.5 Å². The molecule has 0 aliphatic heterocycles. The van der Waals surface area contributed by atoms with E-state index >= 15 is 0 Å². The topological polar surface area (TPSA) is 138 Å². The summed E-state index contributed by atoms with van der Waals surface area (Å²) in [5.74, 6) is 6.06. The molecule has 0 saturated carbocycles. The number of aromatic nitrogens is 7. The molecule has 11 heteroatoms. The maximum Gasteiger partial charge on any atom is 0.262 e. The van der Waals surface area contributed by atoms with Gasteiger partial charge in [0.1, 0.15) is 11.4 Å². The first-order chi connectivity index (χ1) is 16.8. The summed E-state index contributed by atoms with van der Waals surface area (Å²) in [7, 11) is 3.42. The summed E-state index contributed by atoms with van der Waals surface area (Å²) in [6.07, 6.45) is 6.66. The Morgan fingerprint density at radius 3 is 2.80 bits per heavy atom. The van der Waals surface area contributed by atoms with Crippen molar-refractivity contribution < 1.29 is 4.79 Å². The second-order valence-electron chi connectivity index (χ2n) is 8.03. The highest BCUT2D eigenvalue weighted by Crippen LogP contribution is 2.19. The van der Waals surface area contributed by atoms with Gasteiger partial charge in [0.05, 0.1) is 28.7 Å². The molecule has 0 aliphatic carbocycles. The maximum absolute atomic E-state index is 13.3. The number of nitrogen functional groups attached to an aromatic ring is 1. The highest BCUT2D eigenvalue weighted by Gasteiger charge is 2.23. The Bertz CT molecular complexity index is 1730. The van der Waals surface area contributed by atoms with Gasteiger partial charge in [-0.3, -0.25) is 18.8 Å². The molecule has 0 aliphatic rings. The Labute approximate surface area is 199 Å². The van der Waals surface area contributed by atoms with Crippen LogP contribution in [0.15, 0.2) is 53.8 Å². The van der Waals surface area contributed by atoms with E-state index in [2.05, 4.69) is 37.3 Å². The molecule has 0 bridgehead atoms. The van der Waals surface area contributed by atoms with Gasteiger partial charge in [-0.2, -0.15) is 5.10 Å². The van der Waals surface area contributed by atoms with Gasteiger partial charge in [-0.1, -0.05) is 17.9 Å². The minimum atomic E-state index is -0.604. The van der Waals surface area contributed by atoms with Crippen molar-refractivity contribution in [2.75, 3.05) is 5.73 Å². The van der Waals surface area contributed by atoms with Crippen molar-refractivity contribution in [3.63, 3.8) is 0 Å². The van der Waals surface area contributed by atoms with Gasteiger partial charge in [0.15, 0.2) is 11.5 Å². The molecular weight excluding hydrogens is 446 g/mol. The second kappa shape index (κ2) is 8.42. The number of nitrogens with two attached hydrogens (primary N) is 1. The number of rotatable bonds is 3. The van der Waals surface area contributed by atoms with Gasteiger partial charge in [-0.15, -0.1) is 5.10 Å². The Morgan fingerprint density at radius 2 is 2.03 bits per heavy atom. The van der Waals surface area contributed by atoms with Crippen LogP contribution in [0.25, 0.3) is 16.6 Å². The van der Waals surface area contributed by atoms with Crippen molar-refractivity contribution in [2.45, 2.75) is 13.0 Å². The Kier molecular flexibility index (Phi) is 5.25. The van der Waals surface area contributed by atoms with Crippen LogP contribution in [0.3, 0.4) is 0 Å². The number of anilines is 1. The predicted octanol–water partition coefficient (Wildman–Crippen LogP) is 1.18. The number of fused-ring (bicyclic) bond motifs is 2. The predicted molar refractivity (Wildman–Crippen MR) is 129 cm³/mol. The summed E-state index contributed by atoms with van der Waals surface area (Å²) in [4.78, 5) is 35.2. The van der Waals surface area contributed by atoms with Gasteiger partial charge in [-0.05, 0) is 25.1 Å². The monoisotopic (exact) mass is 467 g/mol. The van der Waals surface area contributed by atoms with Crippen LogP contribution in [0, 0.1) is 11.8 Å². The molecule has 1 aromatic carbocycles. The van der Waals surface area contributed by atoms with Gasteiger partial charge in [0, 0.05) is 38.2 Å². The summed E-state index contributed by atoms with van der Waals surface area (Å²) in [5.41, 5.74) is 7.99. The Morgan fingerprint density at radius 1 is 1.20 bits per heavy atom. The number of hydrogen-bond donors (Lipinski definition) is 2. The van der Waals surface area contributed by atoms with Gasteiger partial charge < -0.3 is 11.1 Å². The van der Waals surface area contributed by atoms with Crippen LogP contribution in [-0.4, -0.2) is 39.8 Å². The van der Waals surface area contributed by atoms with Crippen LogP contribution >= 0.6 is 0 Å². The summed E-state index contributed by atoms with van der Waals surface area (Å²) in [6, 6.07) is 6.40. The molecule has 1 amide bonds. The van der Waals surface area contributed by atoms with E-state index in [1.807, 2.05) is 7.05 Å². The van der Waals surface area contributed by atoms with E-state index in [0.717, 1.165) is 5.56 Å². The van der Waals surface area contributed by atoms with E-state index in [0.29, 0.717) is 27.9 Å².